The van der Waals surface area contributed by atoms with E-state index in [-0.39, 0.29) is 25.2 Å². The molecule has 0 bridgehead atoms. The normalized spacial score (nSPS) is 15.0. The Morgan fingerprint density at radius 1 is 1.33 bits per heavy atom. The van der Waals surface area contributed by atoms with Crippen molar-refractivity contribution in [1.82, 2.24) is 0 Å². The minimum atomic E-state index is -1.95. The van der Waals surface area contributed by atoms with Crippen molar-refractivity contribution in [3.63, 3.8) is 0 Å². The van der Waals surface area contributed by atoms with Gasteiger partial charge in [-0.25, -0.2) is 4.39 Å². The first-order valence-corrected chi connectivity index (χ1v) is 6.66. The summed E-state index contributed by atoms with van der Waals surface area (Å²) in [6, 6.07) is 4.70. The van der Waals surface area contributed by atoms with E-state index in [0.717, 1.165) is 12.1 Å². The van der Waals surface area contributed by atoms with Gasteiger partial charge in [-0.3, -0.25) is 9.59 Å². The monoisotopic (exact) mass is 298 g/mol. The van der Waals surface area contributed by atoms with E-state index in [1.165, 1.54) is 12.1 Å². The van der Waals surface area contributed by atoms with E-state index in [9.17, 15) is 24.2 Å². The van der Waals surface area contributed by atoms with Gasteiger partial charge in [0.1, 0.15) is 5.82 Å². The molecule has 6 heteroatoms. The molecule has 1 aromatic rings. The maximum absolute atomic E-state index is 13.1. The minimum absolute atomic E-state index is 0.0303. The number of aliphatic hydroxyl groups is 1. The van der Waals surface area contributed by atoms with Crippen molar-refractivity contribution in [3.05, 3.63) is 35.6 Å². The van der Waals surface area contributed by atoms with Crippen molar-refractivity contribution in [3.8, 4) is 0 Å². The standard InChI is InChI=1S/C15H19FO5/c1-3-21-14(20)15(13(18)19,8-10(2)9-17)11-4-6-12(16)7-5-11/h4-7,10,17H,3,8-9H2,1-2H3,(H,18,19). The van der Waals surface area contributed by atoms with Crippen LogP contribution < -0.4 is 0 Å². The number of aliphatic carboxylic acids is 1. The van der Waals surface area contributed by atoms with Crippen molar-refractivity contribution in [2.75, 3.05) is 13.2 Å². The second-order valence-corrected chi connectivity index (χ2v) is 4.93. The second kappa shape index (κ2) is 7.17. The summed E-state index contributed by atoms with van der Waals surface area (Å²) >= 11 is 0. The highest BCUT2D eigenvalue weighted by Crippen LogP contribution is 2.34. The Balaban J connectivity index is 3.39. The molecule has 0 saturated carbocycles. The van der Waals surface area contributed by atoms with Gasteiger partial charge in [-0.2, -0.15) is 0 Å². The molecule has 0 aliphatic carbocycles. The average Bonchev–Trinajstić information content (AvgIpc) is 2.45. The molecule has 0 radical (unpaired) electrons. The van der Waals surface area contributed by atoms with Crippen LogP contribution in [0, 0.1) is 11.7 Å². The van der Waals surface area contributed by atoms with Gasteiger partial charge in [-0.1, -0.05) is 19.1 Å². The lowest BCUT2D eigenvalue weighted by molar-refractivity contribution is -0.162. The number of benzene rings is 1. The van der Waals surface area contributed by atoms with Crippen LogP contribution in [0.2, 0.25) is 0 Å². The largest absolute Gasteiger partial charge is 0.480 e. The van der Waals surface area contributed by atoms with Gasteiger partial charge in [-0.15, -0.1) is 0 Å². The van der Waals surface area contributed by atoms with Crippen LogP contribution in [0.4, 0.5) is 4.39 Å². The fourth-order valence-corrected chi connectivity index (χ4v) is 2.19. The van der Waals surface area contributed by atoms with E-state index >= 15 is 0 Å². The minimum Gasteiger partial charge on any atom is -0.480 e. The van der Waals surface area contributed by atoms with Gasteiger partial charge >= 0.3 is 11.9 Å². The van der Waals surface area contributed by atoms with E-state index in [1.807, 2.05) is 0 Å². The van der Waals surface area contributed by atoms with Crippen LogP contribution in [-0.4, -0.2) is 35.4 Å². The molecule has 0 spiro atoms. The summed E-state index contributed by atoms with van der Waals surface area (Å²) in [6.45, 7) is 2.96. The SMILES string of the molecule is CCOC(=O)C(CC(C)CO)(C(=O)O)c1ccc(F)cc1. The Hall–Kier alpha value is -1.95. The fourth-order valence-electron chi connectivity index (χ4n) is 2.19. The van der Waals surface area contributed by atoms with Crippen LogP contribution in [-0.2, 0) is 19.7 Å². The van der Waals surface area contributed by atoms with Gasteiger partial charge in [0.2, 0.25) is 0 Å². The predicted octanol–water partition coefficient (Wildman–Crippen LogP) is 1.73. The summed E-state index contributed by atoms with van der Waals surface area (Å²) in [4.78, 5) is 24.1. The molecule has 0 heterocycles. The third kappa shape index (κ3) is 3.58. The molecule has 21 heavy (non-hydrogen) atoms. The third-order valence-corrected chi connectivity index (χ3v) is 3.29. The number of ether oxygens (including phenoxy) is 1. The molecule has 0 aliphatic heterocycles. The number of halogens is 1. The zero-order chi connectivity index (χ0) is 16.0. The number of carboxylic acids is 1. The maximum atomic E-state index is 13.1. The molecule has 2 N–H and O–H groups in total. The second-order valence-electron chi connectivity index (χ2n) is 4.93. The summed E-state index contributed by atoms with van der Waals surface area (Å²) in [7, 11) is 0. The number of carbonyl (C=O) groups excluding carboxylic acids is 1. The Bertz CT molecular complexity index is 499. The first-order chi connectivity index (χ1) is 9.88. The van der Waals surface area contributed by atoms with Crippen LogP contribution in [0.3, 0.4) is 0 Å². The third-order valence-electron chi connectivity index (χ3n) is 3.29. The van der Waals surface area contributed by atoms with Crippen molar-refractivity contribution < 1.29 is 28.9 Å². The van der Waals surface area contributed by atoms with E-state index in [0.29, 0.717) is 0 Å². The van der Waals surface area contributed by atoms with E-state index in [2.05, 4.69) is 0 Å². The topological polar surface area (TPSA) is 83.8 Å². The van der Waals surface area contributed by atoms with Crippen LogP contribution in [0.25, 0.3) is 0 Å². The van der Waals surface area contributed by atoms with Crippen LogP contribution >= 0.6 is 0 Å². The van der Waals surface area contributed by atoms with Crippen molar-refractivity contribution in [2.45, 2.75) is 25.7 Å². The lowest BCUT2D eigenvalue weighted by Crippen LogP contribution is -2.46. The summed E-state index contributed by atoms with van der Waals surface area (Å²) in [5.41, 5.74) is -1.82. The molecule has 0 saturated heterocycles. The molecule has 1 aromatic carbocycles. The van der Waals surface area contributed by atoms with Crippen LogP contribution in [0.5, 0.6) is 0 Å². The highest BCUT2D eigenvalue weighted by atomic mass is 19.1. The molecule has 2 unspecified atom stereocenters. The van der Waals surface area contributed by atoms with Crippen molar-refractivity contribution in [2.24, 2.45) is 5.92 Å². The van der Waals surface area contributed by atoms with Gasteiger partial charge in [0, 0.05) is 6.61 Å². The first kappa shape index (κ1) is 17.1. The zero-order valence-corrected chi connectivity index (χ0v) is 12.0. The van der Waals surface area contributed by atoms with Crippen molar-refractivity contribution in [1.29, 1.82) is 0 Å². The first-order valence-electron chi connectivity index (χ1n) is 6.66. The zero-order valence-electron chi connectivity index (χ0n) is 12.0. The lowest BCUT2D eigenvalue weighted by Gasteiger charge is -2.29. The molecule has 0 aromatic heterocycles. The van der Waals surface area contributed by atoms with Gasteiger partial charge in [-0.05, 0) is 37.0 Å². The smallest absolute Gasteiger partial charge is 0.328 e. The maximum Gasteiger partial charge on any atom is 0.328 e. The summed E-state index contributed by atoms with van der Waals surface area (Å²) in [6.07, 6.45) is -0.136. The number of carbonyl (C=O) groups is 2. The van der Waals surface area contributed by atoms with Crippen LogP contribution in [0.15, 0.2) is 24.3 Å². The van der Waals surface area contributed by atoms with Gasteiger partial charge in [0.15, 0.2) is 5.41 Å². The molecule has 0 aliphatic rings. The van der Waals surface area contributed by atoms with Crippen LogP contribution in [0.1, 0.15) is 25.8 Å². The number of rotatable bonds is 7. The number of aliphatic hydroxyl groups excluding tert-OH is 1. The molecular formula is C15H19FO5. The number of hydrogen-bond donors (Lipinski definition) is 2. The van der Waals surface area contributed by atoms with E-state index in [1.54, 1.807) is 13.8 Å². The number of hydrogen-bond acceptors (Lipinski definition) is 4. The molecule has 5 nitrogen and oxygen atoms in total. The molecule has 0 fully saturated rings. The lowest BCUT2D eigenvalue weighted by atomic mass is 9.74. The number of carboxylic acid groups (broad SMARTS) is 1. The highest BCUT2D eigenvalue weighted by Gasteiger charge is 2.50. The van der Waals surface area contributed by atoms with Gasteiger partial charge < -0.3 is 14.9 Å². The molecular weight excluding hydrogens is 279 g/mol. The van der Waals surface area contributed by atoms with Crippen molar-refractivity contribution >= 4 is 11.9 Å². The highest BCUT2D eigenvalue weighted by molar-refractivity contribution is 6.05. The number of esters is 1. The van der Waals surface area contributed by atoms with E-state index in [4.69, 9.17) is 4.74 Å². The Morgan fingerprint density at radius 2 is 1.90 bits per heavy atom. The molecule has 116 valence electrons. The summed E-state index contributed by atoms with van der Waals surface area (Å²) < 4.78 is 18.0. The predicted molar refractivity (Wildman–Crippen MR) is 73.2 cm³/mol. The van der Waals surface area contributed by atoms with E-state index < -0.39 is 29.1 Å². The summed E-state index contributed by atoms with van der Waals surface area (Å²) in [5, 5.41) is 18.8. The Morgan fingerprint density at radius 3 is 2.33 bits per heavy atom. The van der Waals surface area contributed by atoms with Gasteiger partial charge in [0.05, 0.1) is 6.61 Å². The molecule has 0 amide bonds. The molecule has 2 atom stereocenters. The Labute approximate surface area is 122 Å². The fraction of sp³-hybridized carbons (Fsp3) is 0.467. The Kier molecular flexibility index (Phi) is 5.84. The average molecular weight is 298 g/mol. The molecule has 1 rings (SSSR count). The quantitative estimate of drug-likeness (QED) is 0.591. The van der Waals surface area contributed by atoms with Gasteiger partial charge in [0.25, 0.3) is 0 Å². The summed E-state index contributed by atoms with van der Waals surface area (Å²) in [5.74, 6) is -3.26.